The van der Waals surface area contributed by atoms with Crippen LogP contribution in [-0.2, 0) is 25.8 Å². The molecule has 2 aromatic heterocycles. The summed E-state index contributed by atoms with van der Waals surface area (Å²) >= 11 is 0. The number of aromatic nitrogens is 3. The summed E-state index contributed by atoms with van der Waals surface area (Å²) in [5.41, 5.74) is 7.48. The van der Waals surface area contributed by atoms with Gasteiger partial charge in [-0.05, 0) is 42.4 Å². The third kappa shape index (κ3) is 4.64. The van der Waals surface area contributed by atoms with Crippen LogP contribution in [0.2, 0.25) is 0 Å². The normalized spacial score (nSPS) is 11.5. The van der Waals surface area contributed by atoms with E-state index in [9.17, 15) is 0 Å². The first-order valence-electron chi connectivity index (χ1n) is 9.66. The summed E-state index contributed by atoms with van der Waals surface area (Å²) < 4.78 is 2.34. The summed E-state index contributed by atoms with van der Waals surface area (Å²) in [7, 11) is 0. The molecule has 0 saturated heterocycles. The summed E-state index contributed by atoms with van der Waals surface area (Å²) in [5.74, 6) is 0.597. The van der Waals surface area contributed by atoms with Crippen molar-refractivity contribution in [3.63, 3.8) is 0 Å². The van der Waals surface area contributed by atoms with Crippen molar-refractivity contribution < 1.29 is 15.3 Å². The van der Waals surface area contributed by atoms with Gasteiger partial charge >= 0.3 is 0 Å². The van der Waals surface area contributed by atoms with Gasteiger partial charge in [0.05, 0.1) is 23.1 Å². The molecule has 6 heteroatoms. The molecule has 0 atom stereocenters. The number of aliphatic hydroxyl groups excluding tert-OH is 1. The zero-order chi connectivity index (χ0) is 20.1. The fourth-order valence-electron chi connectivity index (χ4n) is 3.60. The predicted octanol–water partition coefficient (Wildman–Crippen LogP) is 3.17. The molecule has 0 amide bonds. The lowest BCUT2D eigenvalue weighted by Crippen LogP contribution is -2.05. The van der Waals surface area contributed by atoms with E-state index < -0.39 is 6.48 Å². The van der Waals surface area contributed by atoms with Crippen molar-refractivity contribution in [3.8, 4) is 0 Å². The molecule has 6 nitrogen and oxygen atoms in total. The van der Waals surface area contributed by atoms with Gasteiger partial charge < -0.3 is 19.9 Å². The van der Waals surface area contributed by atoms with Gasteiger partial charge in [-0.1, -0.05) is 40.7 Å². The van der Waals surface area contributed by atoms with E-state index in [1.165, 1.54) is 22.0 Å². The Morgan fingerprint density at radius 1 is 1.00 bits per heavy atom. The lowest BCUT2D eigenvalue weighted by Gasteiger charge is -2.15. The molecule has 3 N–H and O–H groups in total. The zero-order valence-electron chi connectivity index (χ0n) is 16.9. The molecule has 0 unspecified atom stereocenters. The van der Waals surface area contributed by atoms with Crippen LogP contribution in [0.4, 0.5) is 0 Å². The molecule has 0 aliphatic carbocycles. The van der Waals surface area contributed by atoms with Crippen LogP contribution in [0.25, 0.3) is 21.9 Å². The topological polar surface area (TPSA) is 91.4 Å². The Hall–Kier alpha value is -2.02. The number of benzene rings is 1. The minimum atomic E-state index is -2.17. The highest BCUT2D eigenvalue weighted by Crippen LogP contribution is 2.31. The monoisotopic (exact) mass is 373 g/mol. The summed E-state index contributed by atoms with van der Waals surface area (Å²) in [6.45, 7) is 9.99. The van der Waals surface area contributed by atoms with E-state index in [4.69, 9.17) is 25.3 Å². The lowest BCUT2D eigenvalue weighted by molar-refractivity contribution is -0.198. The molecule has 0 bridgehead atoms. The van der Waals surface area contributed by atoms with Gasteiger partial charge in [0.1, 0.15) is 5.52 Å². The van der Waals surface area contributed by atoms with Crippen molar-refractivity contribution in [1.82, 2.24) is 14.5 Å². The van der Waals surface area contributed by atoms with Crippen LogP contribution < -0.4 is 0 Å². The zero-order valence-corrected chi connectivity index (χ0v) is 16.9. The summed E-state index contributed by atoms with van der Waals surface area (Å²) in [6.07, 6.45) is 5.02. The molecule has 0 spiro atoms. The Balaban J connectivity index is 0.000000596. The van der Waals surface area contributed by atoms with Gasteiger partial charge in [-0.2, -0.15) is 0 Å². The first kappa shape index (κ1) is 21.3. The standard InChI is InChI=1S/C20H27N3.CH4O3/c1-6-14-9-10-17-18(15(14)7-2)20-19(16(8-3)22-17)21-12-23(20)11-13(4)5;2-1(3)4/h9-10,12-13H,6-8,11H2,1-5H3;1-4H. The van der Waals surface area contributed by atoms with Crippen molar-refractivity contribution in [1.29, 1.82) is 0 Å². The molecule has 3 rings (SSSR count). The van der Waals surface area contributed by atoms with Gasteiger partial charge in [0.15, 0.2) is 0 Å². The maximum absolute atomic E-state index is 7.17. The van der Waals surface area contributed by atoms with E-state index in [-0.39, 0.29) is 0 Å². The second-order valence-corrected chi connectivity index (χ2v) is 7.05. The third-order valence-corrected chi connectivity index (χ3v) is 4.62. The van der Waals surface area contributed by atoms with Crippen LogP contribution in [0.5, 0.6) is 0 Å². The number of hydrogen-bond acceptors (Lipinski definition) is 5. The highest BCUT2D eigenvalue weighted by atomic mass is 16.6. The van der Waals surface area contributed by atoms with Gasteiger partial charge in [-0.3, -0.25) is 4.98 Å². The SMILES string of the molecule is CCc1ccc2nc(CC)c3ncn(CC(C)C)c3c2c1CC.OC(O)O. The summed E-state index contributed by atoms with van der Waals surface area (Å²) in [5, 5.41) is 22.8. The van der Waals surface area contributed by atoms with Crippen LogP contribution >= 0.6 is 0 Å². The van der Waals surface area contributed by atoms with Gasteiger partial charge in [-0.25, -0.2) is 4.98 Å². The Morgan fingerprint density at radius 2 is 1.67 bits per heavy atom. The van der Waals surface area contributed by atoms with Crippen LogP contribution in [-0.4, -0.2) is 36.3 Å². The molecular formula is C21H31N3O3. The van der Waals surface area contributed by atoms with Gasteiger partial charge in [0, 0.05) is 11.9 Å². The number of nitrogens with zero attached hydrogens (tertiary/aromatic N) is 3. The Bertz CT molecular complexity index is 898. The first-order chi connectivity index (χ1) is 12.8. The smallest absolute Gasteiger partial charge is 0.263 e. The molecule has 0 aliphatic heterocycles. The Morgan fingerprint density at radius 3 is 2.19 bits per heavy atom. The predicted molar refractivity (Wildman–Crippen MR) is 108 cm³/mol. The van der Waals surface area contributed by atoms with Crippen molar-refractivity contribution >= 4 is 21.9 Å². The second kappa shape index (κ2) is 9.26. The number of rotatable bonds is 5. The molecular weight excluding hydrogens is 342 g/mol. The minimum absolute atomic E-state index is 0.597. The lowest BCUT2D eigenvalue weighted by atomic mass is 9.96. The highest BCUT2D eigenvalue weighted by molar-refractivity contribution is 6.05. The Labute approximate surface area is 160 Å². The summed E-state index contributed by atoms with van der Waals surface area (Å²) in [4.78, 5) is 9.65. The number of imidazole rings is 1. The maximum atomic E-state index is 7.17. The molecule has 2 heterocycles. The molecule has 0 radical (unpaired) electrons. The number of hydrogen-bond donors (Lipinski definition) is 3. The van der Waals surface area contributed by atoms with Gasteiger partial charge in [0.25, 0.3) is 6.48 Å². The third-order valence-electron chi connectivity index (χ3n) is 4.62. The van der Waals surface area contributed by atoms with Crippen LogP contribution in [0.15, 0.2) is 18.5 Å². The molecule has 27 heavy (non-hydrogen) atoms. The molecule has 0 saturated carbocycles. The quantitative estimate of drug-likeness (QED) is 0.598. The van der Waals surface area contributed by atoms with Crippen molar-refractivity contribution in [2.24, 2.45) is 5.92 Å². The molecule has 148 valence electrons. The van der Waals surface area contributed by atoms with E-state index >= 15 is 0 Å². The van der Waals surface area contributed by atoms with Crippen molar-refractivity contribution in [2.45, 2.75) is 66.9 Å². The van der Waals surface area contributed by atoms with E-state index in [1.54, 1.807) is 0 Å². The van der Waals surface area contributed by atoms with Crippen LogP contribution in [0.3, 0.4) is 0 Å². The number of pyridine rings is 1. The van der Waals surface area contributed by atoms with Crippen LogP contribution in [0.1, 0.15) is 51.4 Å². The average Bonchev–Trinajstić information content (AvgIpc) is 3.02. The molecule has 0 fully saturated rings. The largest absolute Gasteiger partial charge is 0.346 e. The average molecular weight is 373 g/mol. The van der Waals surface area contributed by atoms with E-state index in [2.05, 4.69) is 51.3 Å². The maximum Gasteiger partial charge on any atom is 0.263 e. The molecule has 3 aromatic rings. The van der Waals surface area contributed by atoms with Crippen LogP contribution in [0, 0.1) is 5.92 Å². The number of aryl methyl sites for hydroxylation is 3. The van der Waals surface area contributed by atoms with Gasteiger partial charge in [-0.15, -0.1) is 0 Å². The molecule has 1 aromatic carbocycles. The summed E-state index contributed by atoms with van der Waals surface area (Å²) in [6, 6.07) is 4.45. The van der Waals surface area contributed by atoms with Gasteiger partial charge in [0.2, 0.25) is 0 Å². The van der Waals surface area contributed by atoms with E-state index in [1.807, 2.05) is 6.33 Å². The van der Waals surface area contributed by atoms with E-state index in [0.717, 1.165) is 42.5 Å². The Kier molecular flexibility index (Phi) is 7.30. The minimum Gasteiger partial charge on any atom is -0.346 e. The number of fused-ring (bicyclic) bond motifs is 3. The second-order valence-electron chi connectivity index (χ2n) is 7.05. The van der Waals surface area contributed by atoms with Crippen molar-refractivity contribution in [3.05, 3.63) is 35.3 Å². The fourth-order valence-corrected chi connectivity index (χ4v) is 3.60. The first-order valence-corrected chi connectivity index (χ1v) is 9.66. The van der Waals surface area contributed by atoms with E-state index in [0.29, 0.717) is 5.92 Å². The highest BCUT2D eigenvalue weighted by Gasteiger charge is 2.17. The number of aliphatic hydroxyl groups is 3. The van der Waals surface area contributed by atoms with Crippen molar-refractivity contribution in [2.75, 3.05) is 0 Å². The molecule has 0 aliphatic rings. The fraction of sp³-hybridized carbons (Fsp3) is 0.524.